The standard InChI is InChI=1S/C20H28N4O3S/c21-23-20-13-12-19(28(25,26)24-17-9-4-5-10-17)18(22-20)11-6-14-27-15-16-7-2-1-3-8-16/h1-3,7-8,12-13,17,24H,4-6,9-11,14-15,21H2,(H,22,23). The van der Waals surface area contributed by atoms with Crippen molar-refractivity contribution in [2.75, 3.05) is 12.0 Å². The van der Waals surface area contributed by atoms with E-state index in [2.05, 4.69) is 15.1 Å². The van der Waals surface area contributed by atoms with E-state index >= 15 is 0 Å². The molecule has 0 bridgehead atoms. The van der Waals surface area contributed by atoms with Crippen LogP contribution in [0, 0.1) is 0 Å². The maximum absolute atomic E-state index is 12.8. The summed E-state index contributed by atoms with van der Waals surface area (Å²) < 4.78 is 34.2. The SMILES string of the molecule is NNc1ccc(S(=O)(=O)NC2CCCC2)c(CCCOCc2ccccc2)n1. The summed E-state index contributed by atoms with van der Waals surface area (Å²) in [6, 6.07) is 13.1. The molecular weight excluding hydrogens is 376 g/mol. The summed E-state index contributed by atoms with van der Waals surface area (Å²) in [5.41, 5.74) is 4.10. The molecule has 0 unspecified atom stereocenters. The number of nitrogen functional groups attached to an aromatic ring is 1. The van der Waals surface area contributed by atoms with Crippen molar-refractivity contribution in [3.8, 4) is 0 Å². The monoisotopic (exact) mass is 404 g/mol. The highest BCUT2D eigenvalue weighted by Crippen LogP contribution is 2.23. The Bertz CT molecular complexity index is 853. The molecule has 1 aromatic carbocycles. The van der Waals surface area contributed by atoms with Crippen LogP contribution in [0.15, 0.2) is 47.4 Å². The van der Waals surface area contributed by atoms with Crippen molar-refractivity contribution in [2.24, 2.45) is 5.84 Å². The van der Waals surface area contributed by atoms with Gasteiger partial charge in [0.15, 0.2) is 0 Å². The van der Waals surface area contributed by atoms with Crippen LogP contribution in [0.1, 0.15) is 43.4 Å². The summed E-state index contributed by atoms with van der Waals surface area (Å²) in [5, 5.41) is 0. The molecule has 0 radical (unpaired) electrons. The van der Waals surface area contributed by atoms with E-state index in [1.807, 2.05) is 30.3 Å². The Labute approximate surface area is 166 Å². The van der Waals surface area contributed by atoms with E-state index in [0.717, 1.165) is 31.2 Å². The lowest BCUT2D eigenvalue weighted by Crippen LogP contribution is -2.33. The average molecular weight is 405 g/mol. The first kappa shape index (κ1) is 20.7. The number of anilines is 1. The van der Waals surface area contributed by atoms with Crippen LogP contribution in [0.25, 0.3) is 0 Å². The number of sulfonamides is 1. The van der Waals surface area contributed by atoms with Gasteiger partial charge in [0, 0.05) is 12.6 Å². The van der Waals surface area contributed by atoms with Crippen LogP contribution in [0.5, 0.6) is 0 Å². The Morgan fingerprint density at radius 1 is 1.11 bits per heavy atom. The molecule has 3 rings (SSSR count). The largest absolute Gasteiger partial charge is 0.377 e. The zero-order chi connectivity index (χ0) is 19.8. The number of pyridine rings is 1. The molecule has 1 aromatic heterocycles. The second-order valence-corrected chi connectivity index (χ2v) is 8.71. The maximum atomic E-state index is 12.8. The highest BCUT2D eigenvalue weighted by molar-refractivity contribution is 7.89. The van der Waals surface area contributed by atoms with Gasteiger partial charge in [-0.3, -0.25) is 0 Å². The molecule has 1 aliphatic carbocycles. The van der Waals surface area contributed by atoms with Gasteiger partial charge in [0.05, 0.1) is 12.3 Å². The molecule has 0 saturated heterocycles. The van der Waals surface area contributed by atoms with E-state index in [0.29, 0.717) is 37.6 Å². The highest BCUT2D eigenvalue weighted by Gasteiger charge is 2.25. The van der Waals surface area contributed by atoms with Gasteiger partial charge in [0.2, 0.25) is 10.0 Å². The number of hydrogen-bond acceptors (Lipinski definition) is 6. The van der Waals surface area contributed by atoms with Crippen molar-refractivity contribution in [3.63, 3.8) is 0 Å². The Kier molecular flexibility index (Phi) is 7.38. The molecule has 0 amide bonds. The molecule has 28 heavy (non-hydrogen) atoms. The van der Waals surface area contributed by atoms with E-state index in [9.17, 15) is 8.42 Å². The molecule has 8 heteroatoms. The molecule has 4 N–H and O–H groups in total. The zero-order valence-corrected chi connectivity index (χ0v) is 16.7. The molecule has 0 atom stereocenters. The van der Waals surface area contributed by atoms with E-state index in [1.54, 1.807) is 12.1 Å². The van der Waals surface area contributed by atoms with Gasteiger partial charge in [-0.25, -0.2) is 24.0 Å². The Hall–Kier alpha value is -2.00. The highest BCUT2D eigenvalue weighted by atomic mass is 32.2. The van der Waals surface area contributed by atoms with Gasteiger partial charge in [-0.2, -0.15) is 0 Å². The molecule has 1 aliphatic rings. The number of rotatable bonds is 10. The Morgan fingerprint density at radius 3 is 2.57 bits per heavy atom. The lowest BCUT2D eigenvalue weighted by molar-refractivity contribution is 0.118. The number of aromatic nitrogens is 1. The first-order valence-electron chi connectivity index (χ1n) is 9.69. The number of hydrogen-bond donors (Lipinski definition) is 3. The number of nitrogens with one attached hydrogen (secondary N) is 2. The molecule has 152 valence electrons. The van der Waals surface area contributed by atoms with Gasteiger partial charge in [0.25, 0.3) is 0 Å². The van der Waals surface area contributed by atoms with Crippen LogP contribution in [-0.2, 0) is 27.8 Å². The number of benzene rings is 1. The lowest BCUT2D eigenvalue weighted by atomic mass is 10.2. The molecule has 0 aliphatic heterocycles. The smallest absolute Gasteiger partial charge is 0.242 e. The van der Waals surface area contributed by atoms with Crippen LogP contribution >= 0.6 is 0 Å². The minimum atomic E-state index is -3.61. The quantitative estimate of drug-likeness (QED) is 0.319. The summed E-state index contributed by atoms with van der Waals surface area (Å²) in [6.07, 6.45) is 5.06. The fraction of sp³-hybridized carbons (Fsp3) is 0.450. The van der Waals surface area contributed by atoms with Gasteiger partial charge >= 0.3 is 0 Å². The van der Waals surface area contributed by atoms with Gasteiger partial charge < -0.3 is 10.2 Å². The second kappa shape index (κ2) is 9.97. The summed E-state index contributed by atoms with van der Waals surface area (Å²) in [5.74, 6) is 5.89. The fourth-order valence-electron chi connectivity index (χ4n) is 3.43. The van der Waals surface area contributed by atoms with Crippen molar-refractivity contribution in [3.05, 3.63) is 53.7 Å². The molecule has 7 nitrogen and oxygen atoms in total. The zero-order valence-electron chi connectivity index (χ0n) is 15.9. The van der Waals surface area contributed by atoms with Gasteiger partial charge in [-0.05, 0) is 43.4 Å². The van der Waals surface area contributed by atoms with Crippen LogP contribution in [-0.4, -0.2) is 26.1 Å². The third-order valence-electron chi connectivity index (χ3n) is 4.86. The van der Waals surface area contributed by atoms with Crippen molar-refractivity contribution >= 4 is 15.8 Å². The molecular formula is C20H28N4O3S. The molecule has 2 aromatic rings. The normalized spacial score (nSPS) is 15.0. The summed E-state index contributed by atoms with van der Waals surface area (Å²) in [6.45, 7) is 1.06. The number of ether oxygens (including phenoxy) is 1. The van der Waals surface area contributed by atoms with Crippen LogP contribution < -0.4 is 16.0 Å². The Morgan fingerprint density at radius 2 is 1.86 bits per heavy atom. The Balaban J connectivity index is 1.61. The van der Waals surface area contributed by atoms with E-state index in [1.165, 1.54) is 0 Å². The van der Waals surface area contributed by atoms with Gasteiger partial charge in [-0.15, -0.1) is 0 Å². The number of aryl methyl sites for hydroxylation is 1. The number of nitrogens with two attached hydrogens (primary N) is 1. The first-order valence-corrected chi connectivity index (χ1v) is 11.2. The van der Waals surface area contributed by atoms with Crippen LogP contribution in [0.2, 0.25) is 0 Å². The molecule has 1 saturated carbocycles. The molecule has 1 fully saturated rings. The summed E-state index contributed by atoms with van der Waals surface area (Å²) in [4.78, 5) is 4.60. The third-order valence-corrected chi connectivity index (χ3v) is 6.45. The predicted molar refractivity (Wildman–Crippen MR) is 109 cm³/mol. The van der Waals surface area contributed by atoms with Crippen LogP contribution in [0.4, 0.5) is 5.82 Å². The van der Waals surface area contributed by atoms with Gasteiger partial charge in [0.1, 0.15) is 10.7 Å². The van der Waals surface area contributed by atoms with E-state index in [-0.39, 0.29) is 10.9 Å². The first-order chi connectivity index (χ1) is 13.6. The fourth-order valence-corrected chi connectivity index (χ4v) is 4.93. The number of hydrazine groups is 1. The summed E-state index contributed by atoms with van der Waals surface area (Å²) in [7, 11) is -3.61. The van der Waals surface area contributed by atoms with Gasteiger partial charge in [-0.1, -0.05) is 43.2 Å². The van der Waals surface area contributed by atoms with E-state index < -0.39 is 10.0 Å². The lowest BCUT2D eigenvalue weighted by Gasteiger charge is -2.15. The molecule has 0 spiro atoms. The topological polar surface area (TPSA) is 106 Å². The van der Waals surface area contributed by atoms with E-state index in [4.69, 9.17) is 10.6 Å². The molecule has 1 heterocycles. The predicted octanol–water partition coefficient (Wildman–Crippen LogP) is 2.74. The van der Waals surface area contributed by atoms with Crippen LogP contribution in [0.3, 0.4) is 0 Å². The van der Waals surface area contributed by atoms with Crippen molar-refractivity contribution in [1.82, 2.24) is 9.71 Å². The number of nitrogens with zero attached hydrogens (tertiary/aromatic N) is 1. The second-order valence-electron chi connectivity index (χ2n) is 7.03. The third kappa shape index (κ3) is 5.75. The average Bonchev–Trinajstić information content (AvgIpc) is 3.20. The minimum absolute atomic E-state index is 0.0133. The van der Waals surface area contributed by atoms with Crippen molar-refractivity contribution < 1.29 is 13.2 Å². The minimum Gasteiger partial charge on any atom is -0.377 e. The van der Waals surface area contributed by atoms with Crippen molar-refractivity contribution in [1.29, 1.82) is 0 Å². The maximum Gasteiger partial charge on any atom is 0.242 e. The van der Waals surface area contributed by atoms with Crippen molar-refractivity contribution in [2.45, 2.75) is 56.1 Å². The summed E-state index contributed by atoms with van der Waals surface area (Å²) >= 11 is 0.